The first kappa shape index (κ1) is 15.3. The van der Waals surface area contributed by atoms with Crippen molar-refractivity contribution in [1.82, 2.24) is 15.2 Å². The van der Waals surface area contributed by atoms with Gasteiger partial charge in [-0.2, -0.15) is 0 Å². The standard InChI is InChI=1S/C19H25N3S/c1-14-20-11-19(23-14)12-21-17-7-4-8-22(13-17)18-9-15-5-2-3-6-16(15)10-18/h2-3,5-6,11,17-18,21H,4,7-10,12-13H2,1H3. The van der Waals surface area contributed by atoms with Gasteiger partial charge in [-0.25, -0.2) is 4.98 Å². The molecular formula is C19H25N3S. The second-order valence-electron chi connectivity index (χ2n) is 6.89. The SMILES string of the molecule is Cc1ncc(CNC2CCCN(C3Cc4ccccc4C3)C2)s1. The predicted octanol–water partition coefficient (Wildman–Crippen LogP) is 3.17. The van der Waals surface area contributed by atoms with Gasteiger partial charge < -0.3 is 5.32 Å². The second-order valence-corrected chi connectivity index (χ2v) is 8.21. The van der Waals surface area contributed by atoms with Crippen molar-refractivity contribution < 1.29 is 0 Å². The Morgan fingerprint density at radius 1 is 1.26 bits per heavy atom. The molecule has 0 bridgehead atoms. The normalized spacial score (nSPS) is 22.4. The molecule has 122 valence electrons. The first-order valence-corrected chi connectivity index (χ1v) is 9.55. The van der Waals surface area contributed by atoms with Crippen molar-refractivity contribution >= 4 is 11.3 Å². The van der Waals surface area contributed by atoms with Crippen LogP contribution >= 0.6 is 11.3 Å². The molecule has 1 saturated heterocycles. The molecule has 1 aliphatic heterocycles. The molecule has 1 N–H and O–H groups in total. The Morgan fingerprint density at radius 3 is 2.74 bits per heavy atom. The van der Waals surface area contributed by atoms with Crippen molar-refractivity contribution in [2.45, 2.75) is 51.2 Å². The second kappa shape index (κ2) is 6.71. The maximum atomic E-state index is 4.35. The maximum absolute atomic E-state index is 4.35. The third-order valence-electron chi connectivity index (χ3n) is 5.23. The molecule has 23 heavy (non-hydrogen) atoms. The monoisotopic (exact) mass is 327 g/mol. The van der Waals surface area contributed by atoms with Crippen LogP contribution in [0.1, 0.15) is 33.9 Å². The fourth-order valence-corrected chi connectivity index (χ4v) is 4.78. The molecule has 1 aliphatic carbocycles. The summed E-state index contributed by atoms with van der Waals surface area (Å²) in [4.78, 5) is 8.43. The van der Waals surface area contributed by atoms with Crippen LogP contribution in [0.4, 0.5) is 0 Å². The van der Waals surface area contributed by atoms with Crippen molar-refractivity contribution in [3.05, 3.63) is 51.5 Å². The molecule has 4 rings (SSSR count). The van der Waals surface area contributed by atoms with E-state index in [1.54, 1.807) is 22.5 Å². The Bertz CT molecular complexity index is 641. The summed E-state index contributed by atoms with van der Waals surface area (Å²) in [5.41, 5.74) is 3.13. The van der Waals surface area contributed by atoms with Crippen LogP contribution in [-0.2, 0) is 19.4 Å². The number of benzene rings is 1. The average molecular weight is 327 g/mol. The zero-order valence-corrected chi connectivity index (χ0v) is 14.6. The van der Waals surface area contributed by atoms with E-state index in [0.29, 0.717) is 12.1 Å². The largest absolute Gasteiger partial charge is 0.308 e. The van der Waals surface area contributed by atoms with Gasteiger partial charge in [0, 0.05) is 36.2 Å². The predicted molar refractivity (Wildman–Crippen MR) is 95.9 cm³/mol. The van der Waals surface area contributed by atoms with Crippen molar-refractivity contribution in [3.63, 3.8) is 0 Å². The molecule has 1 aromatic heterocycles. The van der Waals surface area contributed by atoms with E-state index in [4.69, 9.17) is 0 Å². The van der Waals surface area contributed by atoms with E-state index < -0.39 is 0 Å². The summed E-state index contributed by atoms with van der Waals surface area (Å²) in [7, 11) is 0. The highest BCUT2D eigenvalue weighted by atomic mass is 32.1. The minimum atomic E-state index is 0.620. The van der Waals surface area contributed by atoms with Crippen LogP contribution in [0.25, 0.3) is 0 Å². The summed E-state index contributed by atoms with van der Waals surface area (Å²) < 4.78 is 0. The van der Waals surface area contributed by atoms with Crippen molar-refractivity contribution in [1.29, 1.82) is 0 Å². The van der Waals surface area contributed by atoms with Crippen molar-refractivity contribution in [2.75, 3.05) is 13.1 Å². The van der Waals surface area contributed by atoms with Gasteiger partial charge in [0.25, 0.3) is 0 Å². The van der Waals surface area contributed by atoms with Crippen LogP contribution in [0.15, 0.2) is 30.5 Å². The van der Waals surface area contributed by atoms with E-state index in [1.807, 2.05) is 6.20 Å². The Labute approximate surface area is 142 Å². The molecule has 2 heterocycles. The summed E-state index contributed by atoms with van der Waals surface area (Å²) in [6.07, 6.45) is 7.09. The minimum Gasteiger partial charge on any atom is -0.308 e. The molecule has 4 heteroatoms. The Morgan fingerprint density at radius 2 is 2.04 bits per heavy atom. The van der Waals surface area contributed by atoms with Gasteiger partial charge in [-0.1, -0.05) is 24.3 Å². The number of aromatic nitrogens is 1. The average Bonchev–Trinajstić information content (AvgIpc) is 3.19. The van der Waals surface area contributed by atoms with Crippen molar-refractivity contribution in [2.24, 2.45) is 0 Å². The highest BCUT2D eigenvalue weighted by Gasteiger charge is 2.30. The van der Waals surface area contributed by atoms with E-state index in [-0.39, 0.29) is 0 Å². The molecule has 1 aromatic carbocycles. The fraction of sp³-hybridized carbons (Fsp3) is 0.526. The lowest BCUT2D eigenvalue weighted by atomic mass is 10.0. The quantitative estimate of drug-likeness (QED) is 0.935. The molecule has 0 radical (unpaired) electrons. The van der Waals surface area contributed by atoms with Crippen LogP contribution in [0, 0.1) is 6.92 Å². The van der Waals surface area contributed by atoms with Crippen LogP contribution in [0.5, 0.6) is 0 Å². The van der Waals surface area contributed by atoms with Gasteiger partial charge in [0.05, 0.1) is 5.01 Å². The van der Waals surface area contributed by atoms with Crippen molar-refractivity contribution in [3.8, 4) is 0 Å². The van der Waals surface area contributed by atoms with Crippen LogP contribution in [0.2, 0.25) is 0 Å². The van der Waals surface area contributed by atoms with Gasteiger partial charge in [-0.3, -0.25) is 4.90 Å². The fourth-order valence-electron chi connectivity index (χ4n) is 4.03. The molecule has 2 aromatic rings. The van der Waals surface area contributed by atoms with E-state index in [9.17, 15) is 0 Å². The third kappa shape index (κ3) is 3.49. The Hall–Kier alpha value is -1.23. The number of hydrogen-bond acceptors (Lipinski definition) is 4. The third-order valence-corrected chi connectivity index (χ3v) is 6.15. The topological polar surface area (TPSA) is 28.2 Å². The molecule has 0 saturated carbocycles. The number of rotatable bonds is 4. The minimum absolute atomic E-state index is 0.620. The number of thiazole rings is 1. The molecular weight excluding hydrogens is 302 g/mol. The summed E-state index contributed by atoms with van der Waals surface area (Å²) in [5, 5.41) is 4.92. The number of hydrogen-bond donors (Lipinski definition) is 1. The maximum Gasteiger partial charge on any atom is 0.0897 e. The number of nitrogens with one attached hydrogen (secondary N) is 1. The molecule has 1 atom stereocenters. The van der Waals surface area contributed by atoms with E-state index >= 15 is 0 Å². The zero-order chi connectivity index (χ0) is 15.6. The van der Waals surface area contributed by atoms with Gasteiger partial charge in [0.2, 0.25) is 0 Å². The smallest absolute Gasteiger partial charge is 0.0897 e. The van der Waals surface area contributed by atoms with Gasteiger partial charge >= 0.3 is 0 Å². The molecule has 0 amide bonds. The lowest BCUT2D eigenvalue weighted by Gasteiger charge is -2.37. The first-order valence-electron chi connectivity index (χ1n) is 8.73. The lowest BCUT2D eigenvalue weighted by Crippen LogP contribution is -2.49. The van der Waals surface area contributed by atoms with Crippen LogP contribution < -0.4 is 5.32 Å². The summed E-state index contributed by atoms with van der Waals surface area (Å²) in [6.45, 7) is 5.50. The molecule has 3 nitrogen and oxygen atoms in total. The summed E-state index contributed by atoms with van der Waals surface area (Å²) >= 11 is 1.81. The molecule has 2 aliphatic rings. The number of nitrogens with zero attached hydrogens (tertiary/aromatic N) is 2. The molecule has 1 fully saturated rings. The summed E-state index contributed by atoms with van der Waals surface area (Å²) in [6, 6.07) is 10.3. The van der Waals surface area contributed by atoms with Crippen LogP contribution in [0.3, 0.4) is 0 Å². The van der Waals surface area contributed by atoms with Gasteiger partial charge in [-0.15, -0.1) is 11.3 Å². The highest BCUT2D eigenvalue weighted by Crippen LogP contribution is 2.27. The van der Waals surface area contributed by atoms with Crippen LogP contribution in [-0.4, -0.2) is 35.1 Å². The number of likely N-dealkylation sites (tertiary alicyclic amines) is 1. The van der Waals surface area contributed by atoms with E-state index in [0.717, 1.165) is 11.6 Å². The van der Waals surface area contributed by atoms with Gasteiger partial charge in [0.1, 0.15) is 0 Å². The zero-order valence-electron chi connectivity index (χ0n) is 13.8. The number of fused-ring (bicyclic) bond motifs is 1. The summed E-state index contributed by atoms with van der Waals surface area (Å²) in [5.74, 6) is 0. The highest BCUT2D eigenvalue weighted by molar-refractivity contribution is 7.11. The Balaban J connectivity index is 1.33. The number of piperidine rings is 1. The number of aryl methyl sites for hydroxylation is 1. The first-order chi connectivity index (χ1) is 11.3. The van der Waals surface area contributed by atoms with E-state index in [2.05, 4.69) is 46.4 Å². The Kier molecular flexibility index (Phi) is 4.47. The van der Waals surface area contributed by atoms with Gasteiger partial charge in [-0.05, 0) is 50.3 Å². The van der Waals surface area contributed by atoms with E-state index in [1.165, 1.54) is 43.6 Å². The van der Waals surface area contributed by atoms with Gasteiger partial charge in [0.15, 0.2) is 0 Å². The molecule has 0 spiro atoms. The molecule has 1 unspecified atom stereocenters. The lowest BCUT2D eigenvalue weighted by molar-refractivity contribution is 0.140.